The zero-order valence-corrected chi connectivity index (χ0v) is 21.1. The minimum atomic E-state index is -0.496. The van der Waals surface area contributed by atoms with Gasteiger partial charge in [0, 0.05) is 4.47 Å². The normalized spacial score (nSPS) is 14.3. The molecule has 3 aromatic rings. The van der Waals surface area contributed by atoms with Crippen molar-refractivity contribution in [1.29, 1.82) is 0 Å². The molecule has 0 saturated heterocycles. The SMILES string of the molecule is COc1cc(/C=C2\N=C(c3ccccc3Br)OC2=O)cc(I)c1OCc1ccccc1C. The molecule has 0 N–H and O–H groups in total. The third kappa shape index (κ3) is 4.88. The monoisotopic (exact) mass is 603 g/mol. The highest BCUT2D eigenvalue weighted by molar-refractivity contribution is 14.1. The van der Waals surface area contributed by atoms with Gasteiger partial charge < -0.3 is 14.2 Å². The average Bonchev–Trinajstić information content (AvgIpc) is 3.14. The number of halogens is 2. The van der Waals surface area contributed by atoms with E-state index in [2.05, 4.69) is 56.5 Å². The summed E-state index contributed by atoms with van der Waals surface area (Å²) in [5.74, 6) is 1.02. The van der Waals surface area contributed by atoms with Crippen LogP contribution >= 0.6 is 38.5 Å². The Bertz CT molecular complexity index is 1250. The van der Waals surface area contributed by atoms with Crippen molar-refractivity contribution < 1.29 is 19.0 Å². The van der Waals surface area contributed by atoms with Gasteiger partial charge in [0.2, 0.25) is 5.90 Å². The molecule has 7 heteroatoms. The molecule has 0 saturated carbocycles. The highest BCUT2D eigenvalue weighted by Gasteiger charge is 2.25. The molecule has 0 aliphatic carbocycles. The van der Waals surface area contributed by atoms with Crippen LogP contribution in [-0.4, -0.2) is 19.0 Å². The van der Waals surface area contributed by atoms with Crippen LogP contribution < -0.4 is 9.47 Å². The molecule has 1 heterocycles. The molecule has 0 amide bonds. The van der Waals surface area contributed by atoms with E-state index in [-0.39, 0.29) is 11.6 Å². The van der Waals surface area contributed by atoms with Crippen LogP contribution in [0.25, 0.3) is 6.08 Å². The molecule has 0 fully saturated rings. The van der Waals surface area contributed by atoms with Crippen molar-refractivity contribution in [2.75, 3.05) is 7.11 Å². The fourth-order valence-corrected chi connectivity index (χ4v) is 4.44. The molecule has 0 radical (unpaired) electrons. The number of carbonyl (C=O) groups is 1. The Morgan fingerprint density at radius 1 is 1.12 bits per heavy atom. The zero-order valence-electron chi connectivity index (χ0n) is 17.4. The van der Waals surface area contributed by atoms with Crippen LogP contribution in [0.3, 0.4) is 0 Å². The number of aryl methyl sites for hydroxylation is 1. The van der Waals surface area contributed by atoms with E-state index in [9.17, 15) is 4.79 Å². The van der Waals surface area contributed by atoms with Crippen LogP contribution in [0.5, 0.6) is 11.5 Å². The lowest BCUT2D eigenvalue weighted by molar-refractivity contribution is -0.129. The first-order valence-electron chi connectivity index (χ1n) is 9.78. The van der Waals surface area contributed by atoms with E-state index in [4.69, 9.17) is 14.2 Å². The molecule has 1 aliphatic rings. The van der Waals surface area contributed by atoms with Gasteiger partial charge in [0.1, 0.15) is 6.61 Å². The van der Waals surface area contributed by atoms with Crippen LogP contribution in [0, 0.1) is 10.5 Å². The van der Waals surface area contributed by atoms with Gasteiger partial charge in [0.05, 0.1) is 16.2 Å². The summed E-state index contributed by atoms with van der Waals surface area (Å²) in [6.07, 6.45) is 1.68. The number of hydrogen-bond acceptors (Lipinski definition) is 5. The average molecular weight is 604 g/mol. The molecule has 3 aromatic carbocycles. The summed E-state index contributed by atoms with van der Waals surface area (Å²) in [7, 11) is 1.59. The molecule has 0 atom stereocenters. The van der Waals surface area contributed by atoms with Crippen LogP contribution in [0.15, 0.2) is 75.8 Å². The summed E-state index contributed by atoms with van der Waals surface area (Å²) < 4.78 is 18.7. The zero-order chi connectivity index (χ0) is 22.7. The predicted molar refractivity (Wildman–Crippen MR) is 136 cm³/mol. The van der Waals surface area contributed by atoms with E-state index in [1.54, 1.807) is 13.2 Å². The maximum atomic E-state index is 12.4. The highest BCUT2D eigenvalue weighted by atomic mass is 127. The van der Waals surface area contributed by atoms with Gasteiger partial charge in [0.15, 0.2) is 17.2 Å². The van der Waals surface area contributed by atoms with Crippen LogP contribution in [0.2, 0.25) is 0 Å². The summed E-state index contributed by atoms with van der Waals surface area (Å²) in [4.78, 5) is 16.8. The van der Waals surface area contributed by atoms with Crippen molar-refractivity contribution in [1.82, 2.24) is 0 Å². The molecule has 4 rings (SSSR count). The summed E-state index contributed by atoms with van der Waals surface area (Å²) in [5, 5.41) is 0. The van der Waals surface area contributed by atoms with Crippen LogP contribution in [0.4, 0.5) is 0 Å². The van der Waals surface area contributed by atoms with E-state index in [1.165, 1.54) is 5.56 Å². The number of carbonyl (C=O) groups excluding carboxylic acids is 1. The van der Waals surface area contributed by atoms with Gasteiger partial charge in [-0.05, 0) is 92.5 Å². The molecule has 1 aliphatic heterocycles. The number of hydrogen-bond donors (Lipinski definition) is 0. The first-order chi connectivity index (χ1) is 15.5. The van der Waals surface area contributed by atoms with Crippen LogP contribution in [0.1, 0.15) is 22.3 Å². The largest absolute Gasteiger partial charge is 0.493 e. The Kier molecular flexibility index (Phi) is 6.95. The van der Waals surface area contributed by atoms with Gasteiger partial charge >= 0.3 is 5.97 Å². The topological polar surface area (TPSA) is 57.1 Å². The minimum Gasteiger partial charge on any atom is -0.493 e. The van der Waals surface area contributed by atoms with Gasteiger partial charge in [-0.15, -0.1) is 0 Å². The minimum absolute atomic E-state index is 0.224. The van der Waals surface area contributed by atoms with Crippen LogP contribution in [-0.2, 0) is 16.1 Å². The van der Waals surface area contributed by atoms with Crippen molar-refractivity contribution in [2.45, 2.75) is 13.5 Å². The standard InChI is InChI=1S/C25H19BrINO4/c1-15-7-3-4-8-17(15)14-31-23-20(27)11-16(13-22(23)30-2)12-21-25(29)32-24(28-21)18-9-5-6-10-19(18)26/h3-13H,14H2,1-2H3/b21-12-. The molecule has 0 spiro atoms. The Balaban J connectivity index is 1.61. The van der Waals surface area contributed by atoms with E-state index >= 15 is 0 Å². The van der Waals surface area contributed by atoms with E-state index < -0.39 is 5.97 Å². The summed E-state index contributed by atoms with van der Waals surface area (Å²) in [5.41, 5.74) is 3.98. The quantitative estimate of drug-likeness (QED) is 0.189. The number of benzene rings is 3. The molecular formula is C25H19BrINO4. The molecule has 0 unspecified atom stereocenters. The number of esters is 1. The lowest BCUT2D eigenvalue weighted by Crippen LogP contribution is -2.06. The fourth-order valence-electron chi connectivity index (χ4n) is 3.20. The molecule has 0 aromatic heterocycles. The number of ether oxygens (including phenoxy) is 3. The smallest absolute Gasteiger partial charge is 0.363 e. The van der Waals surface area contributed by atoms with Gasteiger partial charge in [-0.3, -0.25) is 0 Å². The van der Waals surface area contributed by atoms with Gasteiger partial charge in [-0.25, -0.2) is 9.79 Å². The Morgan fingerprint density at radius 3 is 2.62 bits per heavy atom. The maximum Gasteiger partial charge on any atom is 0.363 e. The number of methoxy groups -OCH3 is 1. The lowest BCUT2D eigenvalue weighted by Gasteiger charge is -2.14. The number of nitrogens with zero attached hydrogens (tertiary/aromatic N) is 1. The number of rotatable bonds is 6. The Morgan fingerprint density at radius 2 is 1.88 bits per heavy atom. The van der Waals surface area contributed by atoms with Crippen molar-refractivity contribution in [3.63, 3.8) is 0 Å². The van der Waals surface area contributed by atoms with Crippen molar-refractivity contribution in [2.24, 2.45) is 4.99 Å². The highest BCUT2D eigenvalue weighted by Crippen LogP contribution is 2.36. The summed E-state index contributed by atoms with van der Waals surface area (Å²) in [6.45, 7) is 2.49. The molecular weight excluding hydrogens is 585 g/mol. The Hall–Kier alpha value is -2.65. The second kappa shape index (κ2) is 9.87. The van der Waals surface area contributed by atoms with Crippen molar-refractivity contribution >= 4 is 56.5 Å². The third-order valence-electron chi connectivity index (χ3n) is 4.91. The predicted octanol–water partition coefficient (Wildman–Crippen LogP) is 6.29. The second-order valence-electron chi connectivity index (χ2n) is 7.07. The maximum absolute atomic E-state index is 12.4. The van der Waals surface area contributed by atoms with E-state index in [1.807, 2.05) is 54.6 Å². The van der Waals surface area contributed by atoms with Crippen molar-refractivity contribution in [3.8, 4) is 11.5 Å². The molecule has 32 heavy (non-hydrogen) atoms. The first kappa shape index (κ1) is 22.5. The third-order valence-corrected chi connectivity index (χ3v) is 6.41. The Labute approximate surface area is 208 Å². The molecule has 0 bridgehead atoms. The number of aliphatic imine (C=N–C) groups is 1. The fraction of sp³-hybridized carbons (Fsp3) is 0.120. The van der Waals surface area contributed by atoms with E-state index in [0.29, 0.717) is 18.1 Å². The van der Waals surface area contributed by atoms with E-state index in [0.717, 1.165) is 24.7 Å². The first-order valence-corrected chi connectivity index (χ1v) is 11.7. The number of cyclic esters (lactones) is 1. The second-order valence-corrected chi connectivity index (χ2v) is 9.08. The molecule has 5 nitrogen and oxygen atoms in total. The van der Waals surface area contributed by atoms with Gasteiger partial charge in [-0.1, -0.05) is 36.4 Å². The van der Waals surface area contributed by atoms with Crippen molar-refractivity contribution in [3.05, 3.63) is 96.7 Å². The van der Waals surface area contributed by atoms with Gasteiger partial charge in [-0.2, -0.15) is 0 Å². The summed E-state index contributed by atoms with van der Waals surface area (Å²) in [6, 6.07) is 19.3. The summed E-state index contributed by atoms with van der Waals surface area (Å²) >= 11 is 5.67. The molecule has 162 valence electrons. The lowest BCUT2D eigenvalue weighted by atomic mass is 10.1. The van der Waals surface area contributed by atoms with Gasteiger partial charge in [0.25, 0.3) is 0 Å².